The van der Waals surface area contributed by atoms with Crippen molar-refractivity contribution >= 4 is 34.5 Å². The monoisotopic (exact) mass is 377 g/mol. The van der Waals surface area contributed by atoms with E-state index in [-0.39, 0.29) is 11.4 Å². The standard InChI is InChI=1S/C16H13F2N5O2S/c1-9(24)21-11-5-3-2-4-10(11)16(17,18)15(25)22-12-8-20-23-13(12)14-19-6-7-26-14/h2-8H,1H3,(H,20,23)(H,21,24)(H,22,25). The number of nitrogens with one attached hydrogen (secondary N) is 3. The summed E-state index contributed by atoms with van der Waals surface area (Å²) in [6.07, 6.45) is 2.77. The highest BCUT2D eigenvalue weighted by Gasteiger charge is 2.43. The third-order valence-electron chi connectivity index (χ3n) is 3.39. The zero-order valence-corrected chi connectivity index (χ0v) is 14.2. The van der Waals surface area contributed by atoms with Gasteiger partial charge < -0.3 is 10.6 Å². The molecule has 7 nitrogen and oxygen atoms in total. The molecule has 0 spiro atoms. The number of alkyl halides is 2. The number of H-pyrrole nitrogens is 1. The number of nitrogens with zero attached hydrogens (tertiary/aromatic N) is 2. The highest BCUT2D eigenvalue weighted by molar-refractivity contribution is 7.13. The van der Waals surface area contributed by atoms with Crippen LogP contribution in [0, 0.1) is 0 Å². The SMILES string of the molecule is CC(=O)Nc1ccccc1C(F)(F)C(=O)Nc1cn[nH]c1-c1nccs1. The molecular formula is C16H13F2N5O2S. The van der Waals surface area contributed by atoms with Gasteiger partial charge >= 0.3 is 5.92 Å². The van der Waals surface area contributed by atoms with Crippen LogP contribution >= 0.6 is 11.3 Å². The molecule has 3 rings (SSSR count). The minimum atomic E-state index is -3.88. The number of halogens is 2. The summed E-state index contributed by atoms with van der Waals surface area (Å²) in [6.45, 7) is 1.20. The van der Waals surface area contributed by atoms with Gasteiger partial charge in [0.15, 0.2) is 0 Å². The molecule has 0 atom stereocenters. The molecule has 0 saturated heterocycles. The van der Waals surface area contributed by atoms with Crippen molar-refractivity contribution in [3.63, 3.8) is 0 Å². The van der Waals surface area contributed by atoms with Gasteiger partial charge in [-0.2, -0.15) is 13.9 Å². The van der Waals surface area contributed by atoms with Crippen molar-refractivity contribution in [2.75, 3.05) is 10.6 Å². The van der Waals surface area contributed by atoms with Gasteiger partial charge in [-0.05, 0) is 6.07 Å². The van der Waals surface area contributed by atoms with E-state index in [9.17, 15) is 18.4 Å². The van der Waals surface area contributed by atoms with Crippen molar-refractivity contribution in [1.82, 2.24) is 15.2 Å². The Morgan fingerprint density at radius 1 is 1.19 bits per heavy atom. The molecule has 0 aliphatic carbocycles. The molecule has 0 aliphatic heterocycles. The smallest absolute Gasteiger partial charge is 0.326 e. The molecule has 0 radical (unpaired) electrons. The van der Waals surface area contributed by atoms with Crippen LogP contribution in [0.25, 0.3) is 10.7 Å². The van der Waals surface area contributed by atoms with Crippen LogP contribution in [0.5, 0.6) is 0 Å². The van der Waals surface area contributed by atoms with Crippen LogP contribution in [-0.2, 0) is 15.5 Å². The van der Waals surface area contributed by atoms with Gasteiger partial charge in [-0.15, -0.1) is 11.3 Å². The number of aromatic nitrogens is 3. The normalized spacial score (nSPS) is 11.2. The molecular weight excluding hydrogens is 364 g/mol. The van der Waals surface area contributed by atoms with E-state index in [4.69, 9.17) is 0 Å². The molecule has 0 unspecified atom stereocenters. The molecule has 3 N–H and O–H groups in total. The predicted octanol–water partition coefficient (Wildman–Crippen LogP) is 3.22. The van der Waals surface area contributed by atoms with E-state index in [0.29, 0.717) is 10.7 Å². The van der Waals surface area contributed by atoms with Gasteiger partial charge in [-0.25, -0.2) is 4.98 Å². The van der Waals surface area contributed by atoms with Crippen LogP contribution in [0.3, 0.4) is 0 Å². The second-order valence-corrected chi connectivity index (χ2v) is 6.15. The Labute approximate surface area is 150 Å². The van der Waals surface area contributed by atoms with E-state index < -0.39 is 23.3 Å². The first-order valence-corrected chi connectivity index (χ1v) is 8.27. The zero-order valence-electron chi connectivity index (χ0n) is 13.4. The molecule has 10 heteroatoms. The highest BCUT2D eigenvalue weighted by Crippen LogP contribution is 2.36. The Morgan fingerprint density at radius 2 is 1.96 bits per heavy atom. The lowest BCUT2D eigenvalue weighted by Crippen LogP contribution is -2.33. The van der Waals surface area contributed by atoms with Crippen LogP contribution in [0.15, 0.2) is 42.0 Å². The zero-order chi connectivity index (χ0) is 18.7. The quantitative estimate of drug-likeness (QED) is 0.636. The van der Waals surface area contributed by atoms with Crippen molar-refractivity contribution in [2.24, 2.45) is 0 Å². The summed E-state index contributed by atoms with van der Waals surface area (Å²) >= 11 is 1.27. The number of thiazole rings is 1. The lowest BCUT2D eigenvalue weighted by atomic mass is 10.0. The Hall–Kier alpha value is -3.14. The largest absolute Gasteiger partial charge is 0.352 e. The molecule has 0 saturated carbocycles. The maximum atomic E-state index is 14.7. The lowest BCUT2D eigenvalue weighted by molar-refractivity contribution is -0.140. The van der Waals surface area contributed by atoms with E-state index in [1.807, 2.05) is 0 Å². The number of benzene rings is 1. The fourth-order valence-corrected chi connectivity index (χ4v) is 2.92. The van der Waals surface area contributed by atoms with Crippen molar-refractivity contribution in [3.8, 4) is 10.7 Å². The minimum Gasteiger partial charge on any atom is -0.326 e. The van der Waals surface area contributed by atoms with Crippen molar-refractivity contribution < 1.29 is 18.4 Å². The lowest BCUT2D eigenvalue weighted by Gasteiger charge is -2.19. The number of hydrogen-bond donors (Lipinski definition) is 3. The number of anilines is 2. The number of carbonyl (C=O) groups is 2. The summed E-state index contributed by atoms with van der Waals surface area (Å²) in [5, 5.41) is 13.1. The molecule has 3 aromatic rings. The van der Waals surface area contributed by atoms with E-state index in [2.05, 4.69) is 25.8 Å². The second-order valence-electron chi connectivity index (χ2n) is 5.25. The first kappa shape index (κ1) is 17.7. The van der Waals surface area contributed by atoms with Gasteiger partial charge in [-0.3, -0.25) is 14.7 Å². The number of amides is 2. The van der Waals surface area contributed by atoms with Gasteiger partial charge in [0.2, 0.25) is 5.91 Å². The van der Waals surface area contributed by atoms with E-state index in [0.717, 1.165) is 6.07 Å². The number of aromatic amines is 1. The van der Waals surface area contributed by atoms with Crippen LogP contribution in [0.2, 0.25) is 0 Å². The van der Waals surface area contributed by atoms with Gasteiger partial charge in [0.1, 0.15) is 10.7 Å². The Kier molecular flexibility index (Phi) is 4.76. The maximum absolute atomic E-state index is 14.7. The van der Waals surface area contributed by atoms with E-state index >= 15 is 0 Å². The van der Waals surface area contributed by atoms with Crippen molar-refractivity contribution in [3.05, 3.63) is 47.6 Å². The number of rotatable bonds is 5. The fraction of sp³-hybridized carbons (Fsp3) is 0.125. The molecule has 2 aromatic heterocycles. The molecule has 2 amide bonds. The maximum Gasteiger partial charge on any atom is 0.352 e. The molecule has 0 aliphatic rings. The minimum absolute atomic E-state index is 0.0848. The van der Waals surface area contributed by atoms with Gasteiger partial charge in [-0.1, -0.05) is 18.2 Å². The predicted molar refractivity (Wildman–Crippen MR) is 93.0 cm³/mol. The van der Waals surface area contributed by atoms with Crippen molar-refractivity contribution in [2.45, 2.75) is 12.8 Å². The molecule has 0 bridgehead atoms. The average Bonchev–Trinajstić information content (AvgIpc) is 3.25. The summed E-state index contributed by atoms with van der Waals surface area (Å²) in [6, 6.07) is 5.23. The third kappa shape index (κ3) is 3.45. The number of hydrogen-bond acceptors (Lipinski definition) is 5. The molecule has 2 heterocycles. The first-order valence-electron chi connectivity index (χ1n) is 7.39. The number of para-hydroxylation sites is 1. The van der Waals surface area contributed by atoms with Crippen LogP contribution in [0.1, 0.15) is 12.5 Å². The topological polar surface area (TPSA) is 99.8 Å². The highest BCUT2D eigenvalue weighted by atomic mass is 32.1. The average molecular weight is 377 g/mol. The molecule has 1 aromatic carbocycles. The third-order valence-corrected chi connectivity index (χ3v) is 4.19. The van der Waals surface area contributed by atoms with E-state index in [1.54, 1.807) is 11.6 Å². The van der Waals surface area contributed by atoms with Crippen LogP contribution in [-0.4, -0.2) is 27.0 Å². The van der Waals surface area contributed by atoms with Crippen LogP contribution < -0.4 is 10.6 Å². The summed E-state index contributed by atoms with van der Waals surface area (Å²) in [7, 11) is 0. The molecule has 134 valence electrons. The summed E-state index contributed by atoms with van der Waals surface area (Å²) in [5.74, 6) is -5.94. The summed E-state index contributed by atoms with van der Waals surface area (Å²) in [4.78, 5) is 27.5. The summed E-state index contributed by atoms with van der Waals surface area (Å²) < 4.78 is 29.4. The van der Waals surface area contributed by atoms with E-state index in [1.165, 1.54) is 42.7 Å². The Morgan fingerprint density at radius 3 is 2.65 bits per heavy atom. The van der Waals surface area contributed by atoms with Gasteiger partial charge in [0.05, 0.1) is 23.1 Å². The molecule has 0 fully saturated rings. The Balaban J connectivity index is 1.89. The Bertz CT molecular complexity index is 940. The first-order chi connectivity index (χ1) is 12.4. The number of carbonyl (C=O) groups excluding carboxylic acids is 2. The second kappa shape index (κ2) is 7.00. The van der Waals surface area contributed by atoms with Crippen molar-refractivity contribution in [1.29, 1.82) is 0 Å². The fourth-order valence-electron chi connectivity index (χ4n) is 2.27. The van der Waals surface area contributed by atoms with Crippen LogP contribution in [0.4, 0.5) is 20.2 Å². The van der Waals surface area contributed by atoms with Gasteiger partial charge in [0, 0.05) is 18.5 Å². The van der Waals surface area contributed by atoms with Gasteiger partial charge in [0.25, 0.3) is 5.91 Å². The molecule has 26 heavy (non-hydrogen) atoms. The summed E-state index contributed by atoms with van der Waals surface area (Å²) in [5.41, 5.74) is -0.319.